The molecule has 1 aromatic carbocycles. The number of hydrogen-bond donors (Lipinski definition) is 4. The van der Waals surface area contributed by atoms with E-state index in [1.807, 2.05) is 0 Å². The first-order valence-electron chi connectivity index (χ1n) is 3.35. The van der Waals surface area contributed by atoms with Crippen molar-refractivity contribution in [2.45, 2.75) is 0 Å². The van der Waals surface area contributed by atoms with Crippen molar-refractivity contribution < 1.29 is 24.4 Å². The van der Waals surface area contributed by atoms with E-state index < -0.39 is 15.3 Å². The van der Waals surface area contributed by atoms with Crippen molar-refractivity contribution in [1.29, 1.82) is 0 Å². The second-order valence-corrected chi connectivity index (χ2v) is 3.63. The van der Waals surface area contributed by atoms with E-state index in [2.05, 4.69) is 0 Å². The van der Waals surface area contributed by atoms with Crippen LogP contribution in [0.4, 0.5) is 0 Å². The number of benzene rings is 1. The lowest BCUT2D eigenvalue weighted by Gasteiger charge is -2.00. The van der Waals surface area contributed by atoms with Crippen LogP contribution in [0.1, 0.15) is 0 Å². The monoisotopic (exact) mass is 204 g/mol. The molecule has 13 heavy (non-hydrogen) atoms. The largest absolute Gasteiger partial charge is 0.432 e. The lowest BCUT2D eigenvalue weighted by molar-refractivity contribution is 0.387. The average Bonchev–Trinajstić information content (AvgIpc) is 2.06. The first-order valence-corrected chi connectivity index (χ1v) is 4.96. The van der Waals surface area contributed by atoms with Gasteiger partial charge in [0.05, 0.1) is 5.30 Å². The molecule has 0 aliphatic rings. The van der Waals surface area contributed by atoms with Crippen LogP contribution in [-0.2, 0) is 4.57 Å². The Morgan fingerprint density at radius 3 is 1.69 bits per heavy atom. The van der Waals surface area contributed by atoms with Gasteiger partial charge in [-0.25, -0.2) is 0 Å². The zero-order valence-electron chi connectivity index (χ0n) is 6.74. The maximum absolute atomic E-state index is 10.5. The SMILES string of the molecule is O=P(O)(O)c1ccccc1.OBO. The minimum atomic E-state index is -4.02. The van der Waals surface area contributed by atoms with Crippen molar-refractivity contribution in [2.75, 3.05) is 0 Å². The van der Waals surface area contributed by atoms with Crippen LogP contribution in [-0.4, -0.2) is 27.5 Å². The Hall–Kier alpha value is -0.645. The Balaban J connectivity index is 0.000000424. The van der Waals surface area contributed by atoms with Crippen LogP contribution in [0.25, 0.3) is 0 Å². The molecule has 0 atom stereocenters. The molecule has 1 aromatic rings. The van der Waals surface area contributed by atoms with Gasteiger partial charge in [0, 0.05) is 0 Å². The molecule has 0 fully saturated rings. The molecule has 4 N–H and O–H groups in total. The molecule has 0 aromatic heterocycles. The quantitative estimate of drug-likeness (QED) is 0.337. The van der Waals surface area contributed by atoms with Crippen LogP contribution < -0.4 is 5.30 Å². The molecule has 0 heterocycles. The van der Waals surface area contributed by atoms with Gasteiger partial charge in [0.2, 0.25) is 0 Å². The van der Waals surface area contributed by atoms with Gasteiger partial charge in [-0.1, -0.05) is 18.2 Å². The predicted molar refractivity (Wildman–Crippen MR) is 49.7 cm³/mol. The van der Waals surface area contributed by atoms with E-state index in [-0.39, 0.29) is 5.30 Å². The smallest absolute Gasteiger partial charge is 0.430 e. The van der Waals surface area contributed by atoms with Crippen LogP contribution in [0.2, 0.25) is 0 Å². The summed E-state index contributed by atoms with van der Waals surface area (Å²) in [6, 6.07) is 7.70. The molecule has 72 valence electrons. The summed E-state index contributed by atoms with van der Waals surface area (Å²) in [5.41, 5.74) is 0. The zero-order chi connectivity index (χ0) is 10.3. The molecule has 0 aliphatic heterocycles. The highest BCUT2D eigenvalue weighted by atomic mass is 31.2. The molecule has 1 rings (SSSR count). The minimum Gasteiger partial charge on any atom is -0.430 e. The van der Waals surface area contributed by atoms with Gasteiger partial charge in [0.1, 0.15) is 0 Å². The van der Waals surface area contributed by atoms with Crippen molar-refractivity contribution >= 4 is 20.6 Å². The molecule has 0 radical (unpaired) electrons. The van der Waals surface area contributed by atoms with E-state index in [1.54, 1.807) is 18.2 Å². The van der Waals surface area contributed by atoms with E-state index in [1.165, 1.54) is 12.1 Å². The van der Waals surface area contributed by atoms with Gasteiger partial charge in [-0.05, 0) is 12.1 Å². The second kappa shape index (κ2) is 5.91. The topological polar surface area (TPSA) is 98.0 Å². The van der Waals surface area contributed by atoms with Crippen LogP contribution in [0.15, 0.2) is 30.3 Å². The fraction of sp³-hybridized carbons (Fsp3) is 0. The molecule has 0 aliphatic carbocycles. The molecule has 0 saturated carbocycles. The van der Waals surface area contributed by atoms with Crippen molar-refractivity contribution in [3.63, 3.8) is 0 Å². The molecule has 0 saturated heterocycles. The molecular weight excluding hydrogens is 194 g/mol. The van der Waals surface area contributed by atoms with Gasteiger partial charge in [-0.2, -0.15) is 0 Å². The fourth-order valence-corrected chi connectivity index (χ4v) is 1.18. The van der Waals surface area contributed by atoms with Crippen molar-refractivity contribution in [2.24, 2.45) is 0 Å². The van der Waals surface area contributed by atoms with Gasteiger partial charge in [0.25, 0.3) is 0 Å². The summed E-state index contributed by atoms with van der Waals surface area (Å²) in [7, 11) is -4.77. The summed E-state index contributed by atoms with van der Waals surface area (Å²) in [6.45, 7) is 0. The van der Waals surface area contributed by atoms with Crippen LogP contribution in [0, 0.1) is 0 Å². The highest BCUT2D eigenvalue weighted by Crippen LogP contribution is 2.32. The Kier molecular flexibility index (Phi) is 5.62. The summed E-state index contributed by atoms with van der Waals surface area (Å²) in [6.07, 6.45) is 0. The van der Waals surface area contributed by atoms with Crippen LogP contribution in [0.5, 0.6) is 0 Å². The van der Waals surface area contributed by atoms with Crippen molar-refractivity contribution in [3.05, 3.63) is 30.3 Å². The third kappa shape index (κ3) is 5.57. The molecule has 0 unspecified atom stereocenters. The number of hydrogen-bond acceptors (Lipinski definition) is 3. The van der Waals surface area contributed by atoms with Crippen LogP contribution >= 0.6 is 7.60 Å². The van der Waals surface area contributed by atoms with E-state index in [0.29, 0.717) is 0 Å². The Morgan fingerprint density at radius 1 is 1.08 bits per heavy atom. The van der Waals surface area contributed by atoms with E-state index in [4.69, 9.17) is 19.8 Å². The number of rotatable bonds is 1. The fourth-order valence-electron chi connectivity index (χ4n) is 0.622. The van der Waals surface area contributed by atoms with E-state index >= 15 is 0 Å². The summed E-state index contributed by atoms with van der Waals surface area (Å²) >= 11 is 0. The normalized spacial score (nSPS) is 9.85. The Labute approximate surface area is 76.1 Å². The molecule has 7 heteroatoms. The zero-order valence-corrected chi connectivity index (χ0v) is 7.63. The first-order chi connectivity index (χ1) is 6.02. The first kappa shape index (κ1) is 12.4. The minimum absolute atomic E-state index is 0.0648. The highest BCUT2D eigenvalue weighted by Gasteiger charge is 2.14. The predicted octanol–water partition coefficient (Wildman–Crippen LogP) is -1.27. The lowest BCUT2D eigenvalue weighted by atomic mass is 10.4. The maximum Gasteiger partial charge on any atom is 0.432 e. The summed E-state index contributed by atoms with van der Waals surface area (Å²) in [4.78, 5) is 17.2. The Morgan fingerprint density at radius 2 is 1.46 bits per heavy atom. The lowest BCUT2D eigenvalue weighted by Crippen LogP contribution is -2.01. The highest BCUT2D eigenvalue weighted by molar-refractivity contribution is 7.60. The third-order valence-corrected chi connectivity index (χ3v) is 2.06. The second-order valence-electron chi connectivity index (χ2n) is 2.02. The van der Waals surface area contributed by atoms with Gasteiger partial charge in [-0.3, -0.25) is 4.57 Å². The molecular formula is C6H10BO5P. The summed E-state index contributed by atoms with van der Waals surface area (Å²) in [5.74, 6) is 0. The molecule has 0 amide bonds. The van der Waals surface area contributed by atoms with E-state index in [9.17, 15) is 4.57 Å². The van der Waals surface area contributed by atoms with Crippen molar-refractivity contribution in [3.8, 4) is 0 Å². The van der Waals surface area contributed by atoms with Crippen molar-refractivity contribution in [1.82, 2.24) is 0 Å². The van der Waals surface area contributed by atoms with Gasteiger partial charge in [0.15, 0.2) is 0 Å². The van der Waals surface area contributed by atoms with E-state index in [0.717, 1.165) is 0 Å². The van der Waals surface area contributed by atoms with Gasteiger partial charge in [-0.15, -0.1) is 0 Å². The summed E-state index contributed by atoms with van der Waals surface area (Å²) in [5, 5.41) is 14.3. The maximum atomic E-state index is 10.5. The molecule has 0 bridgehead atoms. The van der Waals surface area contributed by atoms with Gasteiger partial charge >= 0.3 is 15.3 Å². The molecule has 0 spiro atoms. The van der Waals surface area contributed by atoms with Gasteiger partial charge < -0.3 is 19.8 Å². The standard InChI is InChI=1S/C6H7O3P.BH3O2/c7-10(8,9)6-4-2-1-3-5-6;2-1-3/h1-5H,(H2,7,8,9);1-3H. The van der Waals surface area contributed by atoms with Crippen LogP contribution in [0.3, 0.4) is 0 Å². The third-order valence-electron chi connectivity index (χ3n) is 1.09. The summed E-state index contributed by atoms with van der Waals surface area (Å²) < 4.78 is 10.5. The average molecular weight is 204 g/mol. The molecule has 5 nitrogen and oxygen atoms in total. The Bertz CT molecular complexity index is 272.